The fraction of sp³-hybridized carbons (Fsp3) is 0.0476. The topological polar surface area (TPSA) is 43.4 Å². The molecule has 0 saturated carbocycles. The molecule has 0 saturated heterocycles. The van der Waals surface area contributed by atoms with E-state index in [1.807, 2.05) is 180 Å². The van der Waals surface area contributed by atoms with Gasteiger partial charge in [-0.25, -0.2) is 4.98 Å². The van der Waals surface area contributed by atoms with Gasteiger partial charge in [-0.15, -0.1) is 53.6 Å². The van der Waals surface area contributed by atoms with Crippen molar-refractivity contribution in [1.29, 1.82) is 0 Å². The number of hydrogen-bond acceptors (Lipinski definition) is 4. The quantitative estimate of drug-likeness (QED) is 0.149. The van der Waals surface area contributed by atoms with E-state index >= 15 is 0 Å². The standard InChI is InChI=1S/C63H43N6O.Pt/c1-40-32-60(64-38-53(40)42-20-8-5-9-21-42)69-56-27-15-12-22-47(56)50-31-30-45(36-59(50)69)70-46-34-43(41-18-6-4-7-19-41)33-44(35-46)67-39-68(58-29-17-16-28-57(58)67)63-61-51(48-23-10-13-25-54(48)65(61)2)37-52-49-24-11-14-26-55(49)66(3)62(52)63;/h4-34,37-39H,1-3H3;/q-3;/i2D3,3D3;. The molecule has 4 aromatic heterocycles. The molecule has 13 aromatic rings. The molecule has 9 aromatic carbocycles. The Hall–Kier alpha value is -8.38. The summed E-state index contributed by atoms with van der Waals surface area (Å²) in [5, 5.41) is 4.90. The van der Waals surface area contributed by atoms with Crippen LogP contribution in [0.5, 0.6) is 11.5 Å². The van der Waals surface area contributed by atoms with Crippen LogP contribution in [0.3, 0.4) is 0 Å². The average molecular weight is 1100 g/mol. The summed E-state index contributed by atoms with van der Waals surface area (Å²) < 4.78 is 66.0. The second kappa shape index (κ2) is 16.6. The van der Waals surface area contributed by atoms with E-state index in [4.69, 9.17) is 17.9 Å². The first-order valence-corrected chi connectivity index (χ1v) is 23.2. The van der Waals surface area contributed by atoms with Crippen molar-refractivity contribution in [1.82, 2.24) is 18.7 Å². The van der Waals surface area contributed by atoms with Crippen molar-refractivity contribution >= 4 is 88.2 Å². The number of hydrogen-bond donors (Lipinski definition) is 0. The Morgan fingerprint density at radius 2 is 1.08 bits per heavy atom. The molecule has 0 unspecified atom stereocenters. The second-order valence-electron chi connectivity index (χ2n) is 17.8. The van der Waals surface area contributed by atoms with E-state index in [0.717, 1.165) is 71.9 Å². The number of fused-ring (bicyclic) bond motifs is 10. The maximum absolute atomic E-state index is 9.04. The van der Waals surface area contributed by atoms with Crippen molar-refractivity contribution in [2.45, 2.75) is 6.92 Å². The van der Waals surface area contributed by atoms with Gasteiger partial charge in [0.1, 0.15) is 5.82 Å². The van der Waals surface area contributed by atoms with Crippen LogP contribution < -0.4 is 14.5 Å². The van der Waals surface area contributed by atoms with Crippen molar-refractivity contribution < 1.29 is 34.0 Å². The molecule has 7 nitrogen and oxygen atoms in total. The number of aryl methyl sites for hydroxylation is 3. The predicted octanol–water partition coefficient (Wildman–Crippen LogP) is 15.9. The zero-order valence-corrected chi connectivity index (χ0v) is 40.3. The molecule has 0 N–H and O–H groups in total. The molecule has 0 spiro atoms. The van der Waals surface area contributed by atoms with Gasteiger partial charge in [0.2, 0.25) is 0 Å². The molecule has 0 aliphatic carbocycles. The van der Waals surface area contributed by atoms with Gasteiger partial charge < -0.3 is 28.2 Å². The van der Waals surface area contributed by atoms with E-state index < -0.39 is 14.0 Å². The molecule has 5 heterocycles. The van der Waals surface area contributed by atoms with Gasteiger partial charge in [-0.3, -0.25) is 0 Å². The predicted molar refractivity (Wildman–Crippen MR) is 288 cm³/mol. The Bertz CT molecular complexity index is 4380. The summed E-state index contributed by atoms with van der Waals surface area (Å²) in [5.41, 5.74) is 11.1. The molecular formula is C63H43N6OPt-3. The van der Waals surface area contributed by atoms with Crippen LogP contribution >= 0.6 is 0 Å². The maximum Gasteiger partial charge on any atom is 0.135 e. The van der Waals surface area contributed by atoms with Gasteiger partial charge in [-0.05, 0) is 71.5 Å². The van der Waals surface area contributed by atoms with Crippen LogP contribution in [0.15, 0.2) is 200 Å². The molecule has 0 amide bonds. The van der Waals surface area contributed by atoms with E-state index in [0.29, 0.717) is 61.4 Å². The largest absolute Gasteiger partial charge is 0.509 e. The van der Waals surface area contributed by atoms with Crippen molar-refractivity contribution in [3.05, 3.63) is 225 Å². The number of nitrogens with zero attached hydrogens (tertiary/aromatic N) is 6. The average Bonchev–Trinajstić information content (AvgIpc) is 4.39. The van der Waals surface area contributed by atoms with Crippen LogP contribution in [-0.2, 0) is 35.0 Å². The second-order valence-corrected chi connectivity index (χ2v) is 17.8. The Morgan fingerprint density at radius 1 is 0.507 bits per heavy atom. The summed E-state index contributed by atoms with van der Waals surface area (Å²) in [5.74, 6) is 1.66. The van der Waals surface area contributed by atoms with Crippen LogP contribution in [0.25, 0.3) is 93.5 Å². The fourth-order valence-electron chi connectivity index (χ4n) is 10.6. The molecule has 14 rings (SSSR count). The van der Waals surface area contributed by atoms with Crippen molar-refractivity contribution in [3.8, 4) is 39.6 Å². The van der Waals surface area contributed by atoms with Crippen LogP contribution in [0.4, 0.5) is 22.7 Å². The van der Waals surface area contributed by atoms with Crippen LogP contribution in [0.1, 0.15) is 13.8 Å². The normalized spacial score (nSPS) is 14.1. The number of anilines is 4. The van der Waals surface area contributed by atoms with E-state index in [2.05, 4.69) is 60.0 Å². The first kappa shape index (κ1) is 36.6. The molecule has 0 atom stereocenters. The van der Waals surface area contributed by atoms with Gasteiger partial charge in [0.05, 0.1) is 16.7 Å². The van der Waals surface area contributed by atoms with Crippen molar-refractivity contribution in [2.24, 2.45) is 14.0 Å². The molecule has 1 aliphatic heterocycles. The monoisotopic (exact) mass is 1100 g/mol. The van der Waals surface area contributed by atoms with E-state index in [-0.39, 0.29) is 21.1 Å². The van der Waals surface area contributed by atoms with E-state index in [1.54, 1.807) is 0 Å². The van der Waals surface area contributed by atoms with Gasteiger partial charge in [-0.1, -0.05) is 133 Å². The van der Waals surface area contributed by atoms with Gasteiger partial charge in [0.15, 0.2) is 0 Å². The summed E-state index contributed by atoms with van der Waals surface area (Å²) in [4.78, 5) is 8.97. The molecular weight excluding hydrogens is 1050 g/mol. The number of rotatable bonds is 7. The summed E-state index contributed by atoms with van der Waals surface area (Å²) in [7, 11) is 0. The third-order valence-corrected chi connectivity index (χ3v) is 13.8. The third kappa shape index (κ3) is 6.64. The fourth-order valence-corrected chi connectivity index (χ4v) is 10.6. The molecule has 344 valence electrons. The molecule has 1 aliphatic rings. The van der Waals surface area contributed by atoms with Gasteiger partial charge in [0, 0.05) is 116 Å². The van der Waals surface area contributed by atoms with Crippen LogP contribution in [0, 0.1) is 25.7 Å². The number of para-hydroxylation sites is 5. The minimum absolute atomic E-state index is 0. The Kier molecular flexibility index (Phi) is 8.58. The smallest absolute Gasteiger partial charge is 0.135 e. The summed E-state index contributed by atoms with van der Waals surface area (Å²) in [6.07, 6.45) is 1.93. The molecule has 0 bridgehead atoms. The summed E-state index contributed by atoms with van der Waals surface area (Å²) in [6.45, 7) is -1.29. The van der Waals surface area contributed by atoms with E-state index in [9.17, 15) is 0 Å². The number of pyridine rings is 1. The molecule has 0 radical (unpaired) electrons. The minimum atomic E-state index is -2.65. The molecule has 0 fully saturated rings. The van der Waals surface area contributed by atoms with E-state index in [1.165, 1.54) is 9.13 Å². The molecule has 71 heavy (non-hydrogen) atoms. The maximum atomic E-state index is 9.04. The Labute approximate surface area is 433 Å². The Morgan fingerprint density at radius 3 is 1.73 bits per heavy atom. The minimum Gasteiger partial charge on any atom is -0.509 e. The van der Waals surface area contributed by atoms with Crippen LogP contribution in [-0.4, -0.2) is 18.7 Å². The van der Waals surface area contributed by atoms with Gasteiger partial charge in [0.25, 0.3) is 0 Å². The van der Waals surface area contributed by atoms with Crippen molar-refractivity contribution in [2.75, 3.05) is 9.80 Å². The SMILES string of the molecule is [2H]C([2H])([2H])n1c2ccccc2c2cc3c4ccccc4n(C([2H])([2H])[2H])c3c(N3[CH-]N(c4[c-]c(Oc5[c-]c6c(cc5)c5ccccc5n6-c5cc(C)c(-c6ccccc6)cn5)cc(-c5ccccc5)c4)c4ccccc43)c21.[Pt]. The summed E-state index contributed by atoms with van der Waals surface area (Å²) >= 11 is 0. The number of benzene rings is 9. The zero-order valence-electron chi connectivity index (χ0n) is 44.0. The summed E-state index contributed by atoms with van der Waals surface area (Å²) in [6, 6.07) is 70.7. The zero-order chi connectivity index (χ0) is 51.6. The first-order chi connectivity index (χ1) is 36.9. The molecule has 8 heteroatoms. The first-order valence-electron chi connectivity index (χ1n) is 26.2. The van der Waals surface area contributed by atoms with Crippen molar-refractivity contribution in [3.63, 3.8) is 0 Å². The van der Waals surface area contributed by atoms with Crippen LogP contribution in [0.2, 0.25) is 0 Å². The number of ether oxygens (including phenoxy) is 1. The van der Waals surface area contributed by atoms with Gasteiger partial charge >= 0.3 is 0 Å². The van der Waals surface area contributed by atoms with Gasteiger partial charge in [-0.2, -0.15) is 6.07 Å². The Balaban J connectivity index is 0.00000566. The third-order valence-electron chi connectivity index (χ3n) is 13.8. The number of aromatic nitrogens is 4.